The van der Waals surface area contributed by atoms with Gasteiger partial charge in [-0.05, 0) is 38.6 Å². The van der Waals surface area contributed by atoms with Gasteiger partial charge in [-0.15, -0.1) is 0 Å². The van der Waals surface area contributed by atoms with Crippen molar-refractivity contribution in [3.8, 4) is 0 Å². The summed E-state index contributed by atoms with van der Waals surface area (Å²) in [7, 11) is 0. The lowest BCUT2D eigenvalue weighted by Gasteiger charge is -2.40. The van der Waals surface area contributed by atoms with E-state index in [1.54, 1.807) is 0 Å². The second-order valence-corrected chi connectivity index (χ2v) is 6.42. The minimum atomic E-state index is 0.0730. The first-order valence-electron chi connectivity index (χ1n) is 8.41. The Morgan fingerprint density at radius 2 is 1.95 bits per heavy atom. The Kier molecular flexibility index (Phi) is 5.85. The Hall–Kier alpha value is -0.610. The monoisotopic (exact) mass is 281 g/mol. The van der Waals surface area contributed by atoms with Gasteiger partial charge < -0.3 is 10.2 Å². The number of amides is 1. The van der Waals surface area contributed by atoms with Crippen molar-refractivity contribution in [2.45, 2.75) is 58.5 Å². The van der Waals surface area contributed by atoms with Crippen molar-refractivity contribution in [2.75, 3.05) is 32.7 Å². The minimum Gasteiger partial charge on any atom is -0.339 e. The zero-order valence-electron chi connectivity index (χ0n) is 13.4. The molecule has 2 rings (SSSR count). The van der Waals surface area contributed by atoms with E-state index in [1.165, 1.54) is 19.3 Å². The topological polar surface area (TPSA) is 35.6 Å². The molecule has 1 amide bonds. The SMILES string of the molecule is CCC1CCNC(C(=O)N2CCN(C(C)CC)CC2)C1. The fourth-order valence-corrected chi connectivity index (χ4v) is 3.42. The predicted molar refractivity (Wildman–Crippen MR) is 82.7 cm³/mol. The van der Waals surface area contributed by atoms with Crippen LogP contribution in [0.2, 0.25) is 0 Å². The first-order valence-corrected chi connectivity index (χ1v) is 8.41. The van der Waals surface area contributed by atoms with Gasteiger partial charge >= 0.3 is 0 Å². The number of carbonyl (C=O) groups excluding carboxylic acids is 1. The first-order chi connectivity index (χ1) is 9.65. The van der Waals surface area contributed by atoms with Crippen molar-refractivity contribution < 1.29 is 4.79 Å². The van der Waals surface area contributed by atoms with Crippen LogP contribution < -0.4 is 5.32 Å². The van der Waals surface area contributed by atoms with Crippen LogP contribution in [0.25, 0.3) is 0 Å². The molecular weight excluding hydrogens is 250 g/mol. The lowest BCUT2D eigenvalue weighted by atomic mass is 9.90. The lowest BCUT2D eigenvalue weighted by molar-refractivity contribution is -0.136. The molecule has 0 aliphatic carbocycles. The summed E-state index contributed by atoms with van der Waals surface area (Å²) in [5.41, 5.74) is 0. The standard InChI is InChI=1S/C16H31N3O/c1-4-13(3)18-8-10-19(11-9-18)16(20)15-12-14(5-2)6-7-17-15/h13-15,17H,4-12H2,1-3H3. The van der Waals surface area contributed by atoms with Crippen LogP contribution in [-0.4, -0.2) is 60.5 Å². The maximum Gasteiger partial charge on any atom is 0.239 e. The molecule has 4 heteroatoms. The van der Waals surface area contributed by atoms with Gasteiger partial charge in [0.1, 0.15) is 0 Å². The van der Waals surface area contributed by atoms with Gasteiger partial charge in [-0.2, -0.15) is 0 Å². The zero-order valence-corrected chi connectivity index (χ0v) is 13.4. The molecule has 2 heterocycles. The van der Waals surface area contributed by atoms with Crippen LogP contribution in [0.5, 0.6) is 0 Å². The van der Waals surface area contributed by atoms with Crippen molar-refractivity contribution >= 4 is 5.91 Å². The highest BCUT2D eigenvalue weighted by Gasteiger charge is 2.31. The number of nitrogens with zero attached hydrogens (tertiary/aromatic N) is 2. The van der Waals surface area contributed by atoms with Crippen molar-refractivity contribution in [3.05, 3.63) is 0 Å². The van der Waals surface area contributed by atoms with Crippen LogP contribution in [0.1, 0.15) is 46.5 Å². The predicted octanol–water partition coefficient (Wildman–Crippen LogP) is 1.71. The second kappa shape index (κ2) is 7.41. The van der Waals surface area contributed by atoms with E-state index in [2.05, 4.69) is 35.9 Å². The van der Waals surface area contributed by atoms with Crippen LogP contribution >= 0.6 is 0 Å². The summed E-state index contributed by atoms with van der Waals surface area (Å²) < 4.78 is 0. The number of piperazine rings is 1. The van der Waals surface area contributed by atoms with Crippen LogP contribution in [0.15, 0.2) is 0 Å². The van der Waals surface area contributed by atoms with E-state index in [0.717, 1.165) is 45.1 Å². The normalized spacial score (nSPS) is 30.2. The second-order valence-electron chi connectivity index (χ2n) is 6.42. The van der Waals surface area contributed by atoms with Gasteiger partial charge in [0.05, 0.1) is 6.04 Å². The Bertz CT molecular complexity index is 313. The summed E-state index contributed by atoms with van der Waals surface area (Å²) >= 11 is 0. The quantitative estimate of drug-likeness (QED) is 0.852. The number of hydrogen-bond acceptors (Lipinski definition) is 3. The van der Waals surface area contributed by atoms with Crippen LogP contribution in [0.3, 0.4) is 0 Å². The molecule has 1 N–H and O–H groups in total. The molecule has 0 spiro atoms. The van der Waals surface area contributed by atoms with Gasteiger partial charge in [-0.25, -0.2) is 0 Å². The third-order valence-corrected chi connectivity index (χ3v) is 5.23. The highest BCUT2D eigenvalue weighted by atomic mass is 16.2. The summed E-state index contributed by atoms with van der Waals surface area (Å²) in [5.74, 6) is 1.07. The minimum absolute atomic E-state index is 0.0730. The molecule has 0 aromatic heterocycles. The van der Waals surface area contributed by atoms with E-state index in [0.29, 0.717) is 11.9 Å². The molecular formula is C16H31N3O. The molecule has 2 aliphatic heterocycles. The lowest BCUT2D eigenvalue weighted by Crippen LogP contribution is -2.56. The molecule has 0 radical (unpaired) electrons. The van der Waals surface area contributed by atoms with E-state index < -0.39 is 0 Å². The van der Waals surface area contributed by atoms with Gasteiger partial charge in [0.15, 0.2) is 0 Å². The molecule has 4 nitrogen and oxygen atoms in total. The van der Waals surface area contributed by atoms with E-state index >= 15 is 0 Å². The maximum atomic E-state index is 12.6. The molecule has 0 saturated carbocycles. The highest BCUT2D eigenvalue weighted by molar-refractivity contribution is 5.82. The number of hydrogen-bond donors (Lipinski definition) is 1. The van der Waals surface area contributed by atoms with Crippen LogP contribution in [0, 0.1) is 5.92 Å². The van der Waals surface area contributed by atoms with Gasteiger partial charge in [0.25, 0.3) is 0 Å². The van der Waals surface area contributed by atoms with Crippen LogP contribution in [0.4, 0.5) is 0 Å². The highest BCUT2D eigenvalue weighted by Crippen LogP contribution is 2.21. The van der Waals surface area contributed by atoms with E-state index in [1.807, 2.05) is 0 Å². The molecule has 3 atom stereocenters. The van der Waals surface area contributed by atoms with Crippen molar-refractivity contribution in [2.24, 2.45) is 5.92 Å². The summed E-state index contributed by atoms with van der Waals surface area (Å²) in [6.07, 6.45) is 4.65. The Labute approximate surface area is 123 Å². The molecule has 0 aromatic rings. The maximum absolute atomic E-state index is 12.6. The number of rotatable bonds is 4. The molecule has 0 aromatic carbocycles. The number of piperidine rings is 1. The Balaban J connectivity index is 1.82. The average Bonchev–Trinajstić information content (AvgIpc) is 2.53. The third kappa shape index (κ3) is 3.73. The van der Waals surface area contributed by atoms with Gasteiger partial charge in [0, 0.05) is 32.2 Å². The van der Waals surface area contributed by atoms with E-state index in [-0.39, 0.29) is 6.04 Å². The Morgan fingerprint density at radius 1 is 1.25 bits per heavy atom. The molecule has 2 saturated heterocycles. The molecule has 2 fully saturated rings. The summed E-state index contributed by atoms with van der Waals surface area (Å²) in [5, 5.41) is 3.42. The van der Waals surface area contributed by atoms with E-state index in [9.17, 15) is 4.79 Å². The first kappa shape index (κ1) is 15.8. The third-order valence-electron chi connectivity index (χ3n) is 5.23. The number of carbonyl (C=O) groups is 1. The molecule has 2 aliphatic rings. The van der Waals surface area contributed by atoms with Crippen LogP contribution in [-0.2, 0) is 4.79 Å². The fraction of sp³-hybridized carbons (Fsp3) is 0.938. The fourth-order valence-electron chi connectivity index (χ4n) is 3.42. The van der Waals surface area contributed by atoms with Gasteiger partial charge in [0.2, 0.25) is 5.91 Å². The number of nitrogens with one attached hydrogen (secondary N) is 1. The van der Waals surface area contributed by atoms with Gasteiger partial charge in [-0.1, -0.05) is 20.3 Å². The summed E-state index contributed by atoms with van der Waals surface area (Å²) in [4.78, 5) is 17.2. The smallest absolute Gasteiger partial charge is 0.239 e. The largest absolute Gasteiger partial charge is 0.339 e. The molecule has 3 unspecified atom stereocenters. The average molecular weight is 281 g/mol. The van der Waals surface area contributed by atoms with Gasteiger partial charge in [-0.3, -0.25) is 9.69 Å². The molecule has 116 valence electrons. The Morgan fingerprint density at radius 3 is 2.55 bits per heavy atom. The van der Waals surface area contributed by atoms with Crippen molar-refractivity contribution in [1.82, 2.24) is 15.1 Å². The zero-order chi connectivity index (χ0) is 14.5. The summed E-state index contributed by atoms with van der Waals surface area (Å²) in [6, 6.07) is 0.716. The van der Waals surface area contributed by atoms with E-state index in [4.69, 9.17) is 0 Å². The van der Waals surface area contributed by atoms with Crippen molar-refractivity contribution in [1.29, 1.82) is 0 Å². The summed E-state index contributed by atoms with van der Waals surface area (Å²) in [6.45, 7) is 11.6. The van der Waals surface area contributed by atoms with Crippen molar-refractivity contribution in [3.63, 3.8) is 0 Å². The molecule has 0 bridgehead atoms. The molecule has 20 heavy (non-hydrogen) atoms.